The SMILES string of the molecule is c1ccc(-c2cccc(-c3ccc(-c4cc(-c5cccc(-c6cccc7ccccc67)c5)nc(-c5cccc(-c6cccc7ccccc67)c5)c4)cc3)c2)cc1. The van der Waals surface area contributed by atoms with Crippen LogP contribution in [0.1, 0.15) is 0 Å². The molecule has 0 fully saturated rings. The zero-order valence-electron chi connectivity index (χ0n) is 30.8. The molecule has 1 heterocycles. The number of hydrogen-bond donors (Lipinski definition) is 0. The summed E-state index contributed by atoms with van der Waals surface area (Å²) in [5.41, 5.74) is 15.9. The van der Waals surface area contributed by atoms with E-state index in [1.807, 2.05) is 0 Å². The second-order valence-electron chi connectivity index (χ2n) is 14.4. The zero-order chi connectivity index (χ0) is 37.3. The molecule has 9 aromatic carbocycles. The summed E-state index contributed by atoms with van der Waals surface area (Å²) in [4.78, 5) is 5.40. The quantitative estimate of drug-likeness (QED) is 0.160. The number of rotatable bonds is 7. The summed E-state index contributed by atoms with van der Waals surface area (Å²) in [5, 5.41) is 4.96. The van der Waals surface area contributed by atoms with E-state index in [0.29, 0.717) is 0 Å². The van der Waals surface area contributed by atoms with Crippen molar-refractivity contribution in [1.29, 1.82) is 0 Å². The summed E-state index contributed by atoms with van der Waals surface area (Å²) >= 11 is 0. The fourth-order valence-corrected chi connectivity index (χ4v) is 8.00. The van der Waals surface area contributed by atoms with Crippen molar-refractivity contribution in [3.63, 3.8) is 0 Å². The van der Waals surface area contributed by atoms with E-state index in [0.717, 1.165) is 33.6 Å². The molecule has 0 amide bonds. The van der Waals surface area contributed by atoms with Crippen LogP contribution >= 0.6 is 0 Å². The minimum absolute atomic E-state index is 0.940. The maximum Gasteiger partial charge on any atom is 0.0715 e. The molecule has 1 nitrogen and oxygen atoms in total. The van der Waals surface area contributed by atoms with Crippen molar-refractivity contribution >= 4 is 21.5 Å². The lowest BCUT2D eigenvalue weighted by atomic mass is 9.93. The number of pyridine rings is 1. The molecule has 0 aliphatic heterocycles. The standard InChI is InChI=1S/C55H37N/c1-2-13-38(14-3-1)43-19-8-20-44(33-43)39-29-31-40(32-30-39)49-36-54(47-23-9-21-45(34-47)52-27-11-17-41-15-4-6-25-50(41)52)56-55(37-49)48-24-10-22-46(35-48)53-28-12-18-42-16-5-7-26-51(42)53/h1-37H. The van der Waals surface area contributed by atoms with Gasteiger partial charge in [-0.25, -0.2) is 4.98 Å². The summed E-state index contributed by atoms with van der Waals surface area (Å²) in [5.74, 6) is 0. The minimum atomic E-state index is 0.940. The van der Waals surface area contributed by atoms with Crippen molar-refractivity contribution in [2.45, 2.75) is 0 Å². The lowest BCUT2D eigenvalue weighted by Gasteiger charge is -2.14. The average molecular weight is 712 g/mol. The molecule has 262 valence electrons. The molecule has 0 radical (unpaired) electrons. The fourth-order valence-electron chi connectivity index (χ4n) is 8.00. The van der Waals surface area contributed by atoms with Gasteiger partial charge < -0.3 is 0 Å². The molecule has 1 heteroatoms. The van der Waals surface area contributed by atoms with Gasteiger partial charge in [-0.15, -0.1) is 0 Å². The minimum Gasteiger partial charge on any atom is -0.248 e. The molecule has 0 bridgehead atoms. The van der Waals surface area contributed by atoms with E-state index in [-0.39, 0.29) is 0 Å². The molecule has 0 aliphatic carbocycles. The van der Waals surface area contributed by atoms with Gasteiger partial charge in [0, 0.05) is 11.1 Å². The van der Waals surface area contributed by atoms with Crippen molar-refractivity contribution in [3.05, 3.63) is 224 Å². The van der Waals surface area contributed by atoms with E-state index >= 15 is 0 Å². The van der Waals surface area contributed by atoms with Crippen molar-refractivity contribution < 1.29 is 0 Å². The molecular formula is C55H37N. The lowest BCUT2D eigenvalue weighted by molar-refractivity contribution is 1.32. The normalized spacial score (nSPS) is 11.2. The van der Waals surface area contributed by atoms with Gasteiger partial charge in [-0.2, -0.15) is 0 Å². The summed E-state index contributed by atoms with van der Waals surface area (Å²) in [6.45, 7) is 0. The summed E-state index contributed by atoms with van der Waals surface area (Å²) < 4.78 is 0. The molecule has 0 N–H and O–H groups in total. The maximum atomic E-state index is 5.40. The molecular weight excluding hydrogens is 675 g/mol. The van der Waals surface area contributed by atoms with Crippen LogP contribution in [-0.4, -0.2) is 4.98 Å². The van der Waals surface area contributed by atoms with Crippen LogP contribution in [0.15, 0.2) is 224 Å². The Morgan fingerprint density at radius 1 is 0.214 bits per heavy atom. The van der Waals surface area contributed by atoms with E-state index in [1.165, 1.54) is 66.1 Å². The van der Waals surface area contributed by atoms with Gasteiger partial charge in [0.25, 0.3) is 0 Å². The summed E-state index contributed by atoms with van der Waals surface area (Å²) in [7, 11) is 0. The first kappa shape index (κ1) is 33.2. The summed E-state index contributed by atoms with van der Waals surface area (Å²) in [6.07, 6.45) is 0. The van der Waals surface area contributed by atoms with E-state index in [9.17, 15) is 0 Å². The highest BCUT2D eigenvalue weighted by Crippen LogP contribution is 2.37. The van der Waals surface area contributed by atoms with Crippen LogP contribution in [0, 0.1) is 0 Å². The predicted octanol–water partition coefficient (Wildman–Crippen LogP) is 15.1. The smallest absolute Gasteiger partial charge is 0.0715 e. The van der Waals surface area contributed by atoms with Crippen LogP contribution < -0.4 is 0 Å². The third kappa shape index (κ3) is 6.46. The Kier molecular flexibility index (Phi) is 8.59. The van der Waals surface area contributed by atoms with Gasteiger partial charge in [0.1, 0.15) is 0 Å². The first-order valence-electron chi connectivity index (χ1n) is 19.2. The van der Waals surface area contributed by atoms with Crippen LogP contribution in [0.4, 0.5) is 0 Å². The Bertz CT molecular complexity index is 2860. The number of aromatic nitrogens is 1. The zero-order valence-corrected chi connectivity index (χ0v) is 30.8. The number of fused-ring (bicyclic) bond motifs is 2. The first-order chi connectivity index (χ1) is 27.7. The Morgan fingerprint density at radius 3 is 1.11 bits per heavy atom. The second-order valence-corrected chi connectivity index (χ2v) is 14.4. The Hall–Kier alpha value is -7.35. The molecule has 10 rings (SSSR count). The second kappa shape index (κ2) is 14.5. The third-order valence-corrected chi connectivity index (χ3v) is 10.9. The van der Waals surface area contributed by atoms with Gasteiger partial charge in [0.05, 0.1) is 11.4 Å². The van der Waals surface area contributed by atoms with Crippen molar-refractivity contribution in [3.8, 4) is 78.1 Å². The Morgan fingerprint density at radius 2 is 0.571 bits per heavy atom. The Labute approximate surface area is 327 Å². The lowest BCUT2D eigenvalue weighted by Crippen LogP contribution is -1.93. The average Bonchev–Trinajstić information content (AvgIpc) is 3.29. The number of benzene rings is 9. The van der Waals surface area contributed by atoms with Gasteiger partial charge in [-0.3, -0.25) is 0 Å². The van der Waals surface area contributed by atoms with Crippen LogP contribution in [0.2, 0.25) is 0 Å². The van der Waals surface area contributed by atoms with Crippen LogP contribution in [-0.2, 0) is 0 Å². The highest BCUT2D eigenvalue weighted by molar-refractivity contribution is 5.98. The van der Waals surface area contributed by atoms with Crippen molar-refractivity contribution in [2.75, 3.05) is 0 Å². The van der Waals surface area contributed by atoms with Gasteiger partial charge in [-0.1, -0.05) is 194 Å². The van der Waals surface area contributed by atoms with Gasteiger partial charge in [-0.05, 0) is 108 Å². The van der Waals surface area contributed by atoms with Gasteiger partial charge in [0.15, 0.2) is 0 Å². The van der Waals surface area contributed by atoms with Crippen LogP contribution in [0.25, 0.3) is 99.7 Å². The monoisotopic (exact) mass is 711 g/mol. The van der Waals surface area contributed by atoms with Crippen LogP contribution in [0.5, 0.6) is 0 Å². The Balaban J connectivity index is 1.08. The molecule has 1 aromatic heterocycles. The molecule has 0 atom stereocenters. The van der Waals surface area contributed by atoms with E-state index in [1.54, 1.807) is 0 Å². The topological polar surface area (TPSA) is 12.9 Å². The molecule has 0 spiro atoms. The first-order valence-corrected chi connectivity index (χ1v) is 19.2. The number of hydrogen-bond acceptors (Lipinski definition) is 1. The van der Waals surface area contributed by atoms with Crippen molar-refractivity contribution in [1.82, 2.24) is 4.98 Å². The van der Waals surface area contributed by atoms with Gasteiger partial charge in [0.2, 0.25) is 0 Å². The fraction of sp³-hybridized carbons (Fsp3) is 0. The van der Waals surface area contributed by atoms with E-state index in [2.05, 4.69) is 224 Å². The maximum absolute atomic E-state index is 5.40. The largest absolute Gasteiger partial charge is 0.248 e. The number of nitrogens with zero attached hydrogens (tertiary/aromatic N) is 1. The molecule has 0 saturated heterocycles. The molecule has 0 saturated carbocycles. The molecule has 56 heavy (non-hydrogen) atoms. The third-order valence-electron chi connectivity index (χ3n) is 10.9. The molecule has 0 unspecified atom stereocenters. The van der Waals surface area contributed by atoms with Crippen LogP contribution in [0.3, 0.4) is 0 Å². The van der Waals surface area contributed by atoms with Crippen molar-refractivity contribution in [2.24, 2.45) is 0 Å². The highest BCUT2D eigenvalue weighted by atomic mass is 14.7. The predicted molar refractivity (Wildman–Crippen MR) is 237 cm³/mol. The van der Waals surface area contributed by atoms with E-state index in [4.69, 9.17) is 4.98 Å². The molecule has 0 aliphatic rings. The molecule has 10 aromatic rings. The van der Waals surface area contributed by atoms with E-state index < -0.39 is 0 Å². The summed E-state index contributed by atoms with van der Waals surface area (Å²) in [6, 6.07) is 80.7. The van der Waals surface area contributed by atoms with Gasteiger partial charge >= 0.3 is 0 Å². The highest BCUT2D eigenvalue weighted by Gasteiger charge is 2.13.